The molecule has 4 heteroatoms. The highest BCUT2D eigenvalue weighted by Gasteiger charge is 2.43. The molecule has 2 saturated heterocycles. The Morgan fingerprint density at radius 1 is 1.00 bits per heavy atom. The van der Waals surface area contributed by atoms with Gasteiger partial charge < -0.3 is 15.5 Å². The summed E-state index contributed by atoms with van der Waals surface area (Å²) in [5.74, 6) is 0.359. The fourth-order valence-corrected chi connectivity index (χ4v) is 4.43. The lowest BCUT2D eigenvalue weighted by atomic mass is 9.84. The van der Waals surface area contributed by atoms with Crippen LogP contribution in [0.3, 0.4) is 0 Å². The molecule has 20 heavy (non-hydrogen) atoms. The maximum absolute atomic E-state index is 12.8. The number of piperidine rings is 1. The van der Waals surface area contributed by atoms with E-state index in [-0.39, 0.29) is 5.41 Å². The van der Waals surface area contributed by atoms with Gasteiger partial charge in [-0.05, 0) is 51.6 Å². The highest BCUT2D eigenvalue weighted by atomic mass is 16.2. The van der Waals surface area contributed by atoms with E-state index in [1.807, 2.05) is 0 Å². The summed E-state index contributed by atoms with van der Waals surface area (Å²) in [5.41, 5.74) is 5.74. The summed E-state index contributed by atoms with van der Waals surface area (Å²) in [6.07, 6.45) is 9.40. The van der Waals surface area contributed by atoms with E-state index in [0.29, 0.717) is 12.5 Å². The van der Waals surface area contributed by atoms with Gasteiger partial charge in [0, 0.05) is 25.7 Å². The number of hydrogen-bond donors (Lipinski definition) is 1. The van der Waals surface area contributed by atoms with Crippen molar-refractivity contribution in [2.75, 3.05) is 32.7 Å². The maximum Gasteiger partial charge on any atom is 0.230 e. The van der Waals surface area contributed by atoms with Crippen LogP contribution in [0.25, 0.3) is 0 Å². The van der Waals surface area contributed by atoms with Crippen molar-refractivity contribution in [3.63, 3.8) is 0 Å². The molecule has 3 rings (SSSR count). The van der Waals surface area contributed by atoms with Gasteiger partial charge in [0.1, 0.15) is 0 Å². The summed E-state index contributed by atoms with van der Waals surface area (Å²) in [4.78, 5) is 17.6. The van der Waals surface area contributed by atoms with E-state index in [4.69, 9.17) is 5.73 Å². The van der Waals surface area contributed by atoms with Gasteiger partial charge >= 0.3 is 0 Å². The lowest BCUT2D eigenvalue weighted by molar-refractivity contribution is -0.143. The van der Waals surface area contributed by atoms with Gasteiger partial charge in [0.2, 0.25) is 5.91 Å². The second-order valence-corrected chi connectivity index (χ2v) is 6.96. The Hall–Kier alpha value is -0.610. The number of nitrogens with zero attached hydrogens (tertiary/aromatic N) is 2. The smallest absolute Gasteiger partial charge is 0.230 e. The molecule has 0 spiro atoms. The van der Waals surface area contributed by atoms with Gasteiger partial charge in [0.05, 0.1) is 5.41 Å². The van der Waals surface area contributed by atoms with Crippen LogP contribution in [-0.2, 0) is 4.79 Å². The Bertz CT molecular complexity index is 338. The zero-order valence-electron chi connectivity index (χ0n) is 12.6. The Morgan fingerprint density at radius 2 is 1.60 bits per heavy atom. The molecule has 3 fully saturated rings. The Balaban J connectivity index is 1.56. The first-order valence-electron chi connectivity index (χ1n) is 8.49. The van der Waals surface area contributed by atoms with E-state index in [2.05, 4.69) is 9.80 Å². The zero-order chi connectivity index (χ0) is 14.0. The average Bonchev–Trinajstić information content (AvgIpc) is 3.18. The predicted octanol–water partition coefficient (Wildman–Crippen LogP) is 1.59. The number of nitrogens with two attached hydrogens (primary N) is 1. The van der Waals surface area contributed by atoms with Gasteiger partial charge in [-0.25, -0.2) is 0 Å². The van der Waals surface area contributed by atoms with Gasteiger partial charge in [0.25, 0.3) is 0 Å². The number of carbonyl (C=O) groups excluding carboxylic acids is 1. The highest BCUT2D eigenvalue weighted by Crippen LogP contribution is 2.39. The Labute approximate surface area is 122 Å². The van der Waals surface area contributed by atoms with E-state index >= 15 is 0 Å². The normalized spacial score (nSPS) is 28.1. The van der Waals surface area contributed by atoms with Crippen molar-refractivity contribution < 1.29 is 4.79 Å². The largest absolute Gasteiger partial charge is 0.342 e. The number of likely N-dealkylation sites (tertiary alicyclic amines) is 2. The van der Waals surface area contributed by atoms with Crippen molar-refractivity contribution in [3.05, 3.63) is 0 Å². The quantitative estimate of drug-likeness (QED) is 0.853. The highest BCUT2D eigenvalue weighted by molar-refractivity contribution is 5.83. The molecule has 0 unspecified atom stereocenters. The third kappa shape index (κ3) is 2.60. The summed E-state index contributed by atoms with van der Waals surface area (Å²) >= 11 is 0. The molecule has 0 atom stereocenters. The minimum absolute atomic E-state index is 0.208. The minimum atomic E-state index is -0.208. The van der Waals surface area contributed by atoms with Crippen LogP contribution < -0.4 is 5.73 Å². The molecule has 2 heterocycles. The van der Waals surface area contributed by atoms with Crippen LogP contribution in [0.5, 0.6) is 0 Å². The average molecular weight is 279 g/mol. The van der Waals surface area contributed by atoms with E-state index in [1.165, 1.54) is 38.8 Å². The second kappa shape index (κ2) is 6.02. The van der Waals surface area contributed by atoms with Crippen molar-refractivity contribution >= 4 is 5.91 Å². The number of hydrogen-bond acceptors (Lipinski definition) is 3. The topological polar surface area (TPSA) is 49.6 Å². The molecule has 0 aromatic carbocycles. The molecule has 2 aliphatic heterocycles. The van der Waals surface area contributed by atoms with Gasteiger partial charge in [-0.2, -0.15) is 0 Å². The van der Waals surface area contributed by atoms with E-state index in [0.717, 1.165) is 44.8 Å². The fourth-order valence-electron chi connectivity index (χ4n) is 4.43. The van der Waals surface area contributed by atoms with E-state index < -0.39 is 0 Å². The van der Waals surface area contributed by atoms with Crippen LogP contribution >= 0.6 is 0 Å². The second-order valence-electron chi connectivity index (χ2n) is 6.96. The van der Waals surface area contributed by atoms with Crippen LogP contribution in [0.1, 0.15) is 51.4 Å². The molecule has 3 aliphatic rings. The molecule has 0 bridgehead atoms. The SMILES string of the molecule is NCC1(C(=O)N2CCC(N3CCCC3)CC2)CCCC1. The van der Waals surface area contributed by atoms with Crippen LogP contribution in [0.2, 0.25) is 0 Å². The third-order valence-corrected chi connectivity index (χ3v) is 5.81. The molecular formula is C16H29N3O. The predicted molar refractivity (Wildman–Crippen MR) is 80.4 cm³/mol. The first-order valence-corrected chi connectivity index (χ1v) is 8.49. The Morgan fingerprint density at radius 3 is 2.15 bits per heavy atom. The van der Waals surface area contributed by atoms with Crippen molar-refractivity contribution in [2.45, 2.75) is 57.4 Å². The first-order chi connectivity index (χ1) is 9.75. The van der Waals surface area contributed by atoms with Crippen molar-refractivity contribution in [2.24, 2.45) is 11.1 Å². The molecule has 0 aromatic rings. The van der Waals surface area contributed by atoms with Crippen LogP contribution in [0, 0.1) is 5.41 Å². The fraction of sp³-hybridized carbons (Fsp3) is 0.938. The summed E-state index contributed by atoms with van der Waals surface area (Å²) in [6, 6.07) is 0.721. The Kier molecular flexibility index (Phi) is 4.32. The standard InChI is InChI=1S/C16H29N3O/c17-13-16(7-1-2-8-16)15(20)19-11-5-14(6-12-19)18-9-3-4-10-18/h14H,1-13,17H2. The number of rotatable bonds is 3. The minimum Gasteiger partial charge on any atom is -0.342 e. The van der Waals surface area contributed by atoms with Crippen molar-refractivity contribution in [3.8, 4) is 0 Å². The molecule has 1 aliphatic carbocycles. The molecule has 0 radical (unpaired) electrons. The lowest BCUT2D eigenvalue weighted by Gasteiger charge is -2.40. The zero-order valence-corrected chi connectivity index (χ0v) is 12.6. The maximum atomic E-state index is 12.8. The lowest BCUT2D eigenvalue weighted by Crippen LogP contribution is -2.52. The molecule has 0 aromatic heterocycles. The molecule has 2 N–H and O–H groups in total. The molecule has 1 saturated carbocycles. The number of amides is 1. The molecular weight excluding hydrogens is 250 g/mol. The molecule has 114 valence electrons. The first kappa shape index (κ1) is 14.3. The molecule has 4 nitrogen and oxygen atoms in total. The van der Waals surface area contributed by atoms with Crippen molar-refractivity contribution in [1.29, 1.82) is 0 Å². The van der Waals surface area contributed by atoms with Gasteiger partial charge in [0.15, 0.2) is 0 Å². The molecule has 1 amide bonds. The van der Waals surface area contributed by atoms with Crippen molar-refractivity contribution in [1.82, 2.24) is 9.80 Å². The van der Waals surface area contributed by atoms with E-state index in [1.54, 1.807) is 0 Å². The summed E-state index contributed by atoms with van der Waals surface area (Å²) in [6.45, 7) is 4.97. The van der Waals surface area contributed by atoms with Crippen LogP contribution in [0.15, 0.2) is 0 Å². The van der Waals surface area contributed by atoms with Crippen LogP contribution in [0.4, 0.5) is 0 Å². The summed E-state index contributed by atoms with van der Waals surface area (Å²) in [7, 11) is 0. The summed E-state index contributed by atoms with van der Waals surface area (Å²) < 4.78 is 0. The van der Waals surface area contributed by atoms with Gasteiger partial charge in [-0.3, -0.25) is 4.79 Å². The monoisotopic (exact) mass is 279 g/mol. The van der Waals surface area contributed by atoms with Gasteiger partial charge in [-0.1, -0.05) is 12.8 Å². The number of carbonyl (C=O) groups is 1. The summed E-state index contributed by atoms with van der Waals surface area (Å²) in [5, 5.41) is 0. The van der Waals surface area contributed by atoms with Gasteiger partial charge in [-0.15, -0.1) is 0 Å². The van der Waals surface area contributed by atoms with Crippen LogP contribution in [-0.4, -0.2) is 54.5 Å². The van der Waals surface area contributed by atoms with E-state index in [9.17, 15) is 4.79 Å². The third-order valence-electron chi connectivity index (χ3n) is 5.81.